The number of rotatable bonds is 3. The minimum absolute atomic E-state index is 0.0761. The van der Waals surface area contributed by atoms with Gasteiger partial charge in [-0.05, 0) is 25.1 Å². The summed E-state index contributed by atoms with van der Waals surface area (Å²) in [7, 11) is 0. The van der Waals surface area contributed by atoms with Crippen molar-refractivity contribution in [2.24, 2.45) is 0 Å². The molecule has 2 aromatic rings. The number of fused-ring (bicyclic) bond motifs is 2. The minimum atomic E-state index is -1.68. The first-order chi connectivity index (χ1) is 13.7. The van der Waals surface area contributed by atoms with E-state index in [-0.39, 0.29) is 10.6 Å². The van der Waals surface area contributed by atoms with E-state index in [2.05, 4.69) is 10.6 Å². The molecule has 0 aliphatic carbocycles. The number of aliphatic hydroxyl groups excluding tert-OH is 1. The van der Waals surface area contributed by atoms with Crippen LogP contribution in [0.2, 0.25) is 10.0 Å². The van der Waals surface area contributed by atoms with E-state index in [4.69, 9.17) is 23.2 Å². The molecule has 5 atom stereocenters. The van der Waals surface area contributed by atoms with Gasteiger partial charge in [0.2, 0.25) is 11.9 Å². The number of benzene rings is 2. The lowest BCUT2D eigenvalue weighted by Gasteiger charge is -2.30. The van der Waals surface area contributed by atoms with Crippen LogP contribution in [0.4, 0.5) is 10.1 Å². The molecule has 2 aromatic carbocycles. The van der Waals surface area contributed by atoms with Gasteiger partial charge in [-0.25, -0.2) is 4.39 Å². The molecule has 4 rings (SSSR count). The molecule has 10 heteroatoms. The van der Waals surface area contributed by atoms with Crippen LogP contribution < -0.4 is 10.6 Å². The first-order valence-corrected chi connectivity index (χ1v) is 9.58. The molecule has 0 saturated carbocycles. The van der Waals surface area contributed by atoms with Crippen molar-refractivity contribution >= 4 is 34.8 Å². The summed E-state index contributed by atoms with van der Waals surface area (Å²) in [5.41, 5.74) is -0.986. The molecule has 2 heterocycles. The number of hydrogen-bond donors (Lipinski definition) is 3. The molecule has 2 aliphatic rings. The van der Waals surface area contributed by atoms with Crippen molar-refractivity contribution in [3.05, 3.63) is 73.5 Å². The summed E-state index contributed by atoms with van der Waals surface area (Å²) in [6, 6.07) is 6.20. The molecule has 1 fully saturated rings. The van der Waals surface area contributed by atoms with Crippen molar-refractivity contribution in [3.63, 3.8) is 0 Å². The lowest BCUT2D eigenvalue weighted by Crippen LogP contribution is -2.51. The first kappa shape index (κ1) is 20.0. The summed E-state index contributed by atoms with van der Waals surface area (Å²) in [4.78, 5) is 24.7. The number of hydrogen-bond acceptors (Lipinski definition) is 5. The van der Waals surface area contributed by atoms with E-state index >= 15 is 4.39 Å². The maximum atomic E-state index is 15.0. The molecule has 0 radical (unpaired) electrons. The van der Waals surface area contributed by atoms with Gasteiger partial charge >= 0.3 is 0 Å². The number of nitro groups is 1. The molecule has 29 heavy (non-hydrogen) atoms. The van der Waals surface area contributed by atoms with Gasteiger partial charge in [0.05, 0.1) is 17.0 Å². The third-order valence-electron chi connectivity index (χ3n) is 5.66. The van der Waals surface area contributed by atoms with E-state index in [0.717, 1.165) is 0 Å². The van der Waals surface area contributed by atoms with E-state index in [1.807, 2.05) is 0 Å². The number of nitrogens with zero attached hydrogens (tertiary/aromatic N) is 1. The number of carbonyl (C=O) groups is 1. The summed E-state index contributed by atoms with van der Waals surface area (Å²) in [5.74, 6) is -2.69. The van der Waals surface area contributed by atoms with Crippen LogP contribution in [0.25, 0.3) is 0 Å². The SMILES string of the molecule is C[C@@H](O)C1N[C@]2(C(=O)Nc3cc(Cl)ccc32)[C@H](c2cccc(Cl)c2F)[C@H]1[N+](=O)[O-]. The van der Waals surface area contributed by atoms with Gasteiger partial charge in [0, 0.05) is 26.8 Å². The Morgan fingerprint density at radius 2 is 2.03 bits per heavy atom. The van der Waals surface area contributed by atoms with Crippen molar-refractivity contribution < 1.29 is 19.2 Å². The van der Waals surface area contributed by atoms with E-state index in [0.29, 0.717) is 16.3 Å². The van der Waals surface area contributed by atoms with Crippen LogP contribution in [-0.4, -0.2) is 34.1 Å². The highest BCUT2D eigenvalue weighted by molar-refractivity contribution is 6.31. The van der Waals surface area contributed by atoms with Gasteiger partial charge in [-0.15, -0.1) is 0 Å². The standard InChI is InChI=1S/C19H16Cl2FN3O4/c1-8(26)16-17(25(28)29)14(10-3-2-4-12(21)15(10)22)19(24-16)11-6-5-9(20)7-13(11)23-18(19)27/h2-8,14,16-17,24,26H,1H3,(H,23,27)/t8-,14-,16?,17-,19+/m1/s1. The Hall–Kier alpha value is -2.26. The van der Waals surface area contributed by atoms with Crippen LogP contribution >= 0.6 is 23.2 Å². The third-order valence-corrected chi connectivity index (χ3v) is 6.19. The number of carbonyl (C=O) groups excluding carboxylic acids is 1. The predicted octanol–water partition coefficient (Wildman–Crippen LogP) is 3.06. The summed E-state index contributed by atoms with van der Waals surface area (Å²) in [6.07, 6.45) is -1.18. The van der Waals surface area contributed by atoms with Crippen LogP contribution in [0.1, 0.15) is 24.0 Å². The van der Waals surface area contributed by atoms with Crippen molar-refractivity contribution in [2.75, 3.05) is 5.32 Å². The quantitative estimate of drug-likeness (QED) is 0.503. The topological polar surface area (TPSA) is 104 Å². The number of nitrogens with one attached hydrogen (secondary N) is 2. The Balaban J connectivity index is 2.03. The second-order valence-corrected chi connectivity index (χ2v) is 8.10. The normalized spacial score (nSPS) is 29.0. The lowest BCUT2D eigenvalue weighted by atomic mass is 9.74. The van der Waals surface area contributed by atoms with Crippen LogP contribution in [0.3, 0.4) is 0 Å². The van der Waals surface area contributed by atoms with Crippen LogP contribution in [-0.2, 0) is 10.3 Å². The van der Waals surface area contributed by atoms with Gasteiger partial charge in [0.25, 0.3) is 0 Å². The van der Waals surface area contributed by atoms with Crippen LogP contribution in [0.15, 0.2) is 36.4 Å². The molecular formula is C19H16Cl2FN3O4. The molecule has 0 aromatic heterocycles. The Morgan fingerprint density at radius 1 is 1.31 bits per heavy atom. The van der Waals surface area contributed by atoms with Gasteiger partial charge in [0.15, 0.2) is 0 Å². The zero-order valence-electron chi connectivity index (χ0n) is 15.0. The second-order valence-electron chi connectivity index (χ2n) is 7.26. The van der Waals surface area contributed by atoms with Crippen molar-refractivity contribution in [1.82, 2.24) is 5.32 Å². The maximum Gasteiger partial charge on any atom is 0.250 e. The Bertz CT molecular complexity index is 1030. The van der Waals surface area contributed by atoms with Crippen LogP contribution in [0.5, 0.6) is 0 Å². The number of amides is 1. The molecule has 1 saturated heterocycles. The zero-order valence-corrected chi connectivity index (χ0v) is 16.5. The lowest BCUT2D eigenvalue weighted by molar-refractivity contribution is -0.528. The summed E-state index contributed by atoms with van der Waals surface area (Å²) < 4.78 is 15.0. The highest BCUT2D eigenvalue weighted by Crippen LogP contribution is 2.53. The van der Waals surface area contributed by atoms with Crippen molar-refractivity contribution in [3.8, 4) is 0 Å². The minimum Gasteiger partial charge on any atom is -0.392 e. The first-order valence-electron chi connectivity index (χ1n) is 8.83. The van der Waals surface area contributed by atoms with E-state index < -0.39 is 46.3 Å². The van der Waals surface area contributed by atoms with E-state index in [1.54, 1.807) is 12.1 Å². The molecule has 7 nitrogen and oxygen atoms in total. The smallest absolute Gasteiger partial charge is 0.250 e. The molecule has 1 spiro atoms. The third kappa shape index (κ3) is 2.82. The van der Waals surface area contributed by atoms with E-state index in [9.17, 15) is 20.0 Å². The molecular weight excluding hydrogens is 424 g/mol. The fourth-order valence-electron chi connectivity index (χ4n) is 4.50. The fraction of sp³-hybridized carbons (Fsp3) is 0.316. The van der Waals surface area contributed by atoms with E-state index in [1.165, 1.54) is 31.2 Å². The molecule has 2 aliphatic heterocycles. The average molecular weight is 440 g/mol. The maximum absolute atomic E-state index is 15.0. The summed E-state index contributed by atoms with van der Waals surface area (Å²) in [6.45, 7) is 1.38. The number of halogens is 3. The van der Waals surface area contributed by atoms with Gasteiger partial charge in [0.1, 0.15) is 17.4 Å². The summed E-state index contributed by atoms with van der Waals surface area (Å²) in [5, 5.41) is 28.1. The molecule has 3 N–H and O–H groups in total. The van der Waals surface area contributed by atoms with Gasteiger partial charge in [-0.2, -0.15) is 0 Å². The molecule has 0 bridgehead atoms. The van der Waals surface area contributed by atoms with Gasteiger partial charge in [-0.1, -0.05) is 41.4 Å². The highest BCUT2D eigenvalue weighted by Gasteiger charge is 2.68. The van der Waals surface area contributed by atoms with Crippen molar-refractivity contribution in [1.29, 1.82) is 0 Å². The Labute approximate surface area is 175 Å². The predicted molar refractivity (Wildman–Crippen MR) is 105 cm³/mol. The Kier molecular flexibility index (Phi) is 4.77. The zero-order chi connectivity index (χ0) is 21.1. The molecule has 1 amide bonds. The van der Waals surface area contributed by atoms with Gasteiger partial charge < -0.3 is 10.4 Å². The monoisotopic (exact) mass is 439 g/mol. The van der Waals surface area contributed by atoms with Gasteiger partial charge in [-0.3, -0.25) is 20.2 Å². The van der Waals surface area contributed by atoms with Crippen LogP contribution in [0, 0.1) is 15.9 Å². The number of anilines is 1. The number of aliphatic hydroxyl groups is 1. The fourth-order valence-corrected chi connectivity index (χ4v) is 4.85. The largest absolute Gasteiger partial charge is 0.392 e. The highest BCUT2D eigenvalue weighted by atomic mass is 35.5. The van der Waals surface area contributed by atoms with Crippen molar-refractivity contribution in [2.45, 2.75) is 36.6 Å². The molecule has 1 unspecified atom stereocenters. The average Bonchev–Trinajstić information content (AvgIpc) is 3.14. The molecule has 152 valence electrons. The second kappa shape index (κ2) is 6.91. The Morgan fingerprint density at radius 3 is 2.69 bits per heavy atom. The summed E-state index contributed by atoms with van der Waals surface area (Å²) >= 11 is 12.0.